The number of aromatic nitrogens is 2. The molecule has 1 unspecified atom stereocenters. The SMILES string of the molecule is CC(C(N)=O)n1ccnc1CNC(C)(C)C. The van der Waals surface area contributed by atoms with Crippen LogP contribution in [0.5, 0.6) is 0 Å². The lowest BCUT2D eigenvalue weighted by molar-refractivity contribution is -0.120. The van der Waals surface area contributed by atoms with Crippen LogP contribution >= 0.6 is 0 Å². The molecule has 0 saturated heterocycles. The molecule has 0 aliphatic heterocycles. The normalized spacial score (nSPS) is 13.8. The van der Waals surface area contributed by atoms with Crippen molar-refractivity contribution in [3.05, 3.63) is 18.2 Å². The maximum atomic E-state index is 11.1. The predicted molar refractivity (Wildman–Crippen MR) is 62.7 cm³/mol. The third-order valence-electron chi connectivity index (χ3n) is 2.35. The summed E-state index contributed by atoms with van der Waals surface area (Å²) in [5, 5.41) is 3.32. The van der Waals surface area contributed by atoms with Crippen molar-refractivity contribution in [2.24, 2.45) is 5.73 Å². The van der Waals surface area contributed by atoms with E-state index in [4.69, 9.17) is 5.73 Å². The fourth-order valence-electron chi connectivity index (χ4n) is 1.31. The molecule has 0 spiro atoms. The second kappa shape index (κ2) is 4.65. The summed E-state index contributed by atoms with van der Waals surface area (Å²) in [5.74, 6) is 0.469. The molecule has 1 rings (SSSR count). The number of imidazole rings is 1. The number of nitrogens with two attached hydrogens (primary N) is 1. The van der Waals surface area contributed by atoms with E-state index in [0.29, 0.717) is 6.54 Å². The van der Waals surface area contributed by atoms with Crippen LogP contribution in [0.1, 0.15) is 39.6 Å². The number of carbonyl (C=O) groups excluding carboxylic acids is 1. The maximum absolute atomic E-state index is 11.1. The molecule has 0 radical (unpaired) electrons. The zero-order chi connectivity index (χ0) is 12.3. The van der Waals surface area contributed by atoms with Crippen LogP contribution in [-0.2, 0) is 11.3 Å². The van der Waals surface area contributed by atoms with Gasteiger partial charge in [0.05, 0.1) is 6.54 Å². The largest absolute Gasteiger partial charge is 0.368 e. The topological polar surface area (TPSA) is 72.9 Å². The summed E-state index contributed by atoms with van der Waals surface area (Å²) >= 11 is 0. The highest BCUT2D eigenvalue weighted by atomic mass is 16.1. The minimum atomic E-state index is -0.362. The van der Waals surface area contributed by atoms with Crippen LogP contribution in [-0.4, -0.2) is 21.0 Å². The van der Waals surface area contributed by atoms with Gasteiger partial charge in [-0.15, -0.1) is 0 Å². The van der Waals surface area contributed by atoms with Crippen molar-refractivity contribution in [1.82, 2.24) is 14.9 Å². The smallest absolute Gasteiger partial charge is 0.240 e. The van der Waals surface area contributed by atoms with Crippen molar-refractivity contribution < 1.29 is 4.79 Å². The van der Waals surface area contributed by atoms with Crippen LogP contribution in [0.2, 0.25) is 0 Å². The minimum Gasteiger partial charge on any atom is -0.368 e. The van der Waals surface area contributed by atoms with Crippen LogP contribution < -0.4 is 11.1 Å². The van der Waals surface area contributed by atoms with Crippen molar-refractivity contribution in [3.8, 4) is 0 Å². The second-order valence-corrected chi connectivity index (χ2v) is 4.93. The molecule has 1 aromatic rings. The highest BCUT2D eigenvalue weighted by molar-refractivity contribution is 5.77. The lowest BCUT2D eigenvalue weighted by Gasteiger charge is -2.21. The van der Waals surface area contributed by atoms with Crippen molar-refractivity contribution >= 4 is 5.91 Å². The third-order valence-corrected chi connectivity index (χ3v) is 2.35. The van der Waals surface area contributed by atoms with Gasteiger partial charge in [0.15, 0.2) is 0 Å². The van der Waals surface area contributed by atoms with Crippen LogP contribution in [0.3, 0.4) is 0 Å². The fourth-order valence-corrected chi connectivity index (χ4v) is 1.31. The molecule has 5 nitrogen and oxygen atoms in total. The molecule has 0 aromatic carbocycles. The summed E-state index contributed by atoms with van der Waals surface area (Å²) in [5.41, 5.74) is 5.29. The molecule has 1 aromatic heterocycles. The van der Waals surface area contributed by atoms with Gasteiger partial charge in [-0.05, 0) is 27.7 Å². The Morgan fingerprint density at radius 2 is 2.25 bits per heavy atom. The molecular weight excluding hydrogens is 204 g/mol. The Balaban J connectivity index is 2.75. The number of carbonyl (C=O) groups is 1. The number of primary amides is 1. The van der Waals surface area contributed by atoms with Gasteiger partial charge in [0.2, 0.25) is 5.91 Å². The summed E-state index contributed by atoms with van der Waals surface area (Å²) in [6.45, 7) is 8.63. The molecule has 1 heterocycles. The molecular formula is C11H20N4O. The number of rotatable bonds is 4. The Kier molecular flexibility index (Phi) is 3.70. The molecule has 3 N–H and O–H groups in total. The summed E-state index contributed by atoms with van der Waals surface area (Å²) < 4.78 is 1.79. The quantitative estimate of drug-likeness (QED) is 0.795. The van der Waals surface area contributed by atoms with E-state index in [1.54, 1.807) is 23.9 Å². The maximum Gasteiger partial charge on any atom is 0.240 e. The summed E-state index contributed by atoms with van der Waals surface area (Å²) in [6, 6.07) is -0.362. The minimum absolute atomic E-state index is 0.0206. The van der Waals surface area contributed by atoms with Crippen LogP contribution in [0, 0.1) is 0 Å². The van der Waals surface area contributed by atoms with Gasteiger partial charge < -0.3 is 15.6 Å². The average Bonchev–Trinajstić information content (AvgIpc) is 2.59. The Morgan fingerprint density at radius 3 is 2.75 bits per heavy atom. The Morgan fingerprint density at radius 1 is 1.62 bits per heavy atom. The molecule has 0 aliphatic carbocycles. The Bertz CT molecular complexity index is 364. The van der Waals surface area contributed by atoms with Crippen molar-refractivity contribution in [2.75, 3.05) is 0 Å². The Labute approximate surface area is 96.0 Å². The number of nitrogens with zero attached hydrogens (tertiary/aromatic N) is 2. The highest BCUT2D eigenvalue weighted by Crippen LogP contribution is 2.09. The molecule has 0 bridgehead atoms. The predicted octanol–water partition coefficient (Wildman–Crippen LogP) is 0.817. The standard InChI is InChI=1S/C11H20N4O/c1-8(10(12)16)15-6-5-13-9(15)7-14-11(2,3)4/h5-6,8,14H,7H2,1-4H3,(H2,12,16). The summed E-state index contributed by atoms with van der Waals surface area (Å²) in [4.78, 5) is 15.3. The molecule has 0 aliphatic rings. The molecule has 16 heavy (non-hydrogen) atoms. The van der Waals surface area contributed by atoms with E-state index >= 15 is 0 Å². The number of hydrogen-bond acceptors (Lipinski definition) is 3. The van der Waals surface area contributed by atoms with Gasteiger partial charge in [-0.25, -0.2) is 4.98 Å². The van der Waals surface area contributed by atoms with Gasteiger partial charge in [0.25, 0.3) is 0 Å². The van der Waals surface area contributed by atoms with E-state index in [-0.39, 0.29) is 17.5 Å². The first kappa shape index (κ1) is 12.7. The van der Waals surface area contributed by atoms with E-state index in [1.165, 1.54) is 0 Å². The lowest BCUT2D eigenvalue weighted by atomic mass is 10.1. The molecule has 5 heteroatoms. The lowest BCUT2D eigenvalue weighted by Crippen LogP contribution is -2.36. The highest BCUT2D eigenvalue weighted by Gasteiger charge is 2.16. The first-order valence-corrected chi connectivity index (χ1v) is 5.37. The van der Waals surface area contributed by atoms with E-state index < -0.39 is 0 Å². The first-order valence-electron chi connectivity index (χ1n) is 5.37. The molecule has 0 saturated carbocycles. The number of hydrogen-bond donors (Lipinski definition) is 2. The van der Waals surface area contributed by atoms with E-state index in [0.717, 1.165) is 5.82 Å². The monoisotopic (exact) mass is 224 g/mol. The number of nitrogens with one attached hydrogen (secondary N) is 1. The van der Waals surface area contributed by atoms with Crippen LogP contribution in [0.15, 0.2) is 12.4 Å². The van der Waals surface area contributed by atoms with E-state index in [9.17, 15) is 4.79 Å². The molecule has 1 amide bonds. The van der Waals surface area contributed by atoms with Crippen LogP contribution in [0.25, 0.3) is 0 Å². The van der Waals surface area contributed by atoms with Crippen molar-refractivity contribution in [2.45, 2.75) is 45.8 Å². The molecule has 90 valence electrons. The van der Waals surface area contributed by atoms with Crippen molar-refractivity contribution in [1.29, 1.82) is 0 Å². The fraction of sp³-hybridized carbons (Fsp3) is 0.636. The van der Waals surface area contributed by atoms with Gasteiger partial charge >= 0.3 is 0 Å². The van der Waals surface area contributed by atoms with Gasteiger partial charge in [0.1, 0.15) is 11.9 Å². The van der Waals surface area contributed by atoms with Crippen LogP contribution in [0.4, 0.5) is 0 Å². The average molecular weight is 224 g/mol. The zero-order valence-corrected chi connectivity index (χ0v) is 10.3. The van der Waals surface area contributed by atoms with E-state index in [1.807, 2.05) is 0 Å². The van der Waals surface area contributed by atoms with E-state index in [2.05, 4.69) is 31.1 Å². The first-order chi connectivity index (χ1) is 7.31. The summed E-state index contributed by atoms with van der Waals surface area (Å²) in [6.07, 6.45) is 3.45. The van der Waals surface area contributed by atoms with Gasteiger partial charge in [-0.1, -0.05) is 0 Å². The Hall–Kier alpha value is -1.36. The molecule has 1 atom stereocenters. The summed E-state index contributed by atoms with van der Waals surface area (Å²) in [7, 11) is 0. The van der Waals surface area contributed by atoms with Gasteiger partial charge in [0, 0.05) is 17.9 Å². The third kappa shape index (κ3) is 3.34. The van der Waals surface area contributed by atoms with Crippen molar-refractivity contribution in [3.63, 3.8) is 0 Å². The molecule has 0 fully saturated rings. The number of amides is 1. The van der Waals surface area contributed by atoms with Gasteiger partial charge in [-0.3, -0.25) is 4.79 Å². The zero-order valence-electron chi connectivity index (χ0n) is 10.3. The second-order valence-electron chi connectivity index (χ2n) is 4.93. The van der Waals surface area contributed by atoms with Gasteiger partial charge in [-0.2, -0.15) is 0 Å².